The lowest BCUT2D eigenvalue weighted by Gasteiger charge is -2.16. The smallest absolute Gasteiger partial charge is 0.227 e. The number of rotatable bonds is 3. The summed E-state index contributed by atoms with van der Waals surface area (Å²) in [6, 6.07) is 14.5. The van der Waals surface area contributed by atoms with Crippen molar-refractivity contribution in [1.82, 2.24) is 9.97 Å². The molecule has 0 N–H and O–H groups in total. The number of allylic oxidation sites excluding steroid dienone is 1. The molecule has 0 unspecified atom stereocenters. The molecule has 4 heteroatoms. The Labute approximate surface area is 158 Å². The number of hydrogen-bond acceptors (Lipinski definition) is 3. The molecular weight excluding hydrogens is 334 g/mol. The number of aromatic nitrogens is 2. The average molecular weight is 353 g/mol. The van der Waals surface area contributed by atoms with E-state index in [0.717, 1.165) is 47.5 Å². The molecule has 0 spiro atoms. The zero-order valence-electron chi connectivity index (χ0n) is 14.9. The van der Waals surface area contributed by atoms with Crippen molar-refractivity contribution < 1.29 is 4.79 Å². The predicted molar refractivity (Wildman–Crippen MR) is 106 cm³/mol. The average Bonchev–Trinajstić information content (AvgIpc) is 3.34. The second kappa shape index (κ2) is 6.47. The summed E-state index contributed by atoms with van der Waals surface area (Å²) >= 11 is 0. The zero-order chi connectivity index (χ0) is 18.2. The highest BCUT2D eigenvalue weighted by Gasteiger charge is 2.21. The van der Waals surface area contributed by atoms with E-state index in [1.807, 2.05) is 41.7 Å². The molecule has 0 radical (unpaired) electrons. The van der Waals surface area contributed by atoms with Crippen LogP contribution in [0.4, 0.5) is 5.69 Å². The van der Waals surface area contributed by atoms with Gasteiger partial charge in [0.05, 0.1) is 5.69 Å². The van der Waals surface area contributed by atoms with E-state index in [1.54, 1.807) is 0 Å². The van der Waals surface area contributed by atoms with E-state index in [9.17, 15) is 4.79 Å². The third-order valence-corrected chi connectivity index (χ3v) is 5.31. The first kappa shape index (κ1) is 15.9. The van der Waals surface area contributed by atoms with Crippen LogP contribution in [0.3, 0.4) is 0 Å². The highest BCUT2D eigenvalue weighted by Crippen LogP contribution is 2.33. The number of amides is 1. The quantitative estimate of drug-likeness (QED) is 0.707. The molecule has 0 bridgehead atoms. The first-order chi connectivity index (χ1) is 13.3. The van der Waals surface area contributed by atoms with Gasteiger partial charge in [-0.2, -0.15) is 0 Å². The van der Waals surface area contributed by atoms with Crippen molar-refractivity contribution in [3.63, 3.8) is 0 Å². The standard InChI is InChI=1S/C23H19N3O/c27-23-4-2-12-26(23)19-7-5-16(6-8-19)17-13-18(15-24-14-17)20-9-10-22-21(20)3-1-11-25-22/h1,3,5-9,11,13-15H,2,4,10,12H2. The summed E-state index contributed by atoms with van der Waals surface area (Å²) in [7, 11) is 0. The molecule has 0 saturated carbocycles. The van der Waals surface area contributed by atoms with E-state index in [2.05, 4.69) is 40.3 Å². The third-order valence-electron chi connectivity index (χ3n) is 5.31. The zero-order valence-corrected chi connectivity index (χ0v) is 14.9. The van der Waals surface area contributed by atoms with Gasteiger partial charge in [0.2, 0.25) is 5.91 Å². The van der Waals surface area contributed by atoms with Crippen molar-refractivity contribution in [3.8, 4) is 11.1 Å². The largest absolute Gasteiger partial charge is 0.312 e. The first-order valence-electron chi connectivity index (χ1n) is 9.30. The maximum Gasteiger partial charge on any atom is 0.227 e. The SMILES string of the molecule is O=C1CCCN1c1ccc(-c2cncc(C3=CCc4ncccc43)c2)cc1. The van der Waals surface area contributed by atoms with E-state index >= 15 is 0 Å². The molecule has 3 heterocycles. The van der Waals surface area contributed by atoms with Gasteiger partial charge in [0.25, 0.3) is 0 Å². The minimum absolute atomic E-state index is 0.215. The van der Waals surface area contributed by atoms with Crippen molar-refractivity contribution in [2.45, 2.75) is 19.3 Å². The van der Waals surface area contributed by atoms with E-state index < -0.39 is 0 Å². The molecule has 1 aliphatic carbocycles. The van der Waals surface area contributed by atoms with Crippen LogP contribution in [-0.4, -0.2) is 22.4 Å². The van der Waals surface area contributed by atoms with Gasteiger partial charge >= 0.3 is 0 Å². The molecule has 4 nitrogen and oxygen atoms in total. The number of carbonyl (C=O) groups excluding carboxylic acids is 1. The summed E-state index contributed by atoms with van der Waals surface area (Å²) in [5.41, 5.74) is 7.78. The van der Waals surface area contributed by atoms with Crippen molar-refractivity contribution >= 4 is 17.2 Å². The van der Waals surface area contributed by atoms with Gasteiger partial charge in [0, 0.05) is 60.4 Å². The molecule has 0 atom stereocenters. The number of hydrogen-bond donors (Lipinski definition) is 0. The van der Waals surface area contributed by atoms with E-state index in [-0.39, 0.29) is 5.91 Å². The van der Waals surface area contributed by atoms with Crippen LogP contribution in [0.2, 0.25) is 0 Å². The van der Waals surface area contributed by atoms with Crippen LogP contribution >= 0.6 is 0 Å². The molecular formula is C23H19N3O. The topological polar surface area (TPSA) is 46.1 Å². The minimum Gasteiger partial charge on any atom is -0.312 e. The van der Waals surface area contributed by atoms with Gasteiger partial charge in [-0.1, -0.05) is 24.3 Å². The van der Waals surface area contributed by atoms with Gasteiger partial charge in [-0.3, -0.25) is 14.8 Å². The van der Waals surface area contributed by atoms with Gasteiger partial charge in [0.15, 0.2) is 0 Å². The second-order valence-corrected chi connectivity index (χ2v) is 6.98. The van der Waals surface area contributed by atoms with Crippen LogP contribution in [0, 0.1) is 0 Å². The summed E-state index contributed by atoms with van der Waals surface area (Å²) in [6.45, 7) is 0.816. The van der Waals surface area contributed by atoms with Crippen LogP contribution in [-0.2, 0) is 11.2 Å². The maximum absolute atomic E-state index is 11.9. The lowest BCUT2D eigenvalue weighted by molar-refractivity contribution is -0.117. The van der Waals surface area contributed by atoms with Gasteiger partial charge in [-0.15, -0.1) is 0 Å². The fourth-order valence-corrected chi connectivity index (χ4v) is 3.93. The van der Waals surface area contributed by atoms with Crippen molar-refractivity contribution in [2.24, 2.45) is 0 Å². The van der Waals surface area contributed by atoms with Gasteiger partial charge in [0.1, 0.15) is 0 Å². The lowest BCUT2D eigenvalue weighted by atomic mass is 9.99. The van der Waals surface area contributed by atoms with Gasteiger partial charge < -0.3 is 4.90 Å². The Morgan fingerprint density at radius 3 is 2.63 bits per heavy atom. The maximum atomic E-state index is 11.9. The molecule has 5 rings (SSSR count). The molecule has 27 heavy (non-hydrogen) atoms. The van der Waals surface area contributed by atoms with Gasteiger partial charge in [-0.05, 0) is 41.8 Å². The summed E-state index contributed by atoms with van der Waals surface area (Å²) in [5, 5.41) is 0. The van der Waals surface area contributed by atoms with Crippen molar-refractivity contribution in [1.29, 1.82) is 0 Å². The summed E-state index contributed by atoms with van der Waals surface area (Å²) in [6.07, 6.45) is 10.3. The van der Waals surface area contributed by atoms with Crippen LogP contribution in [0.15, 0.2) is 67.1 Å². The Morgan fingerprint density at radius 2 is 1.81 bits per heavy atom. The Balaban J connectivity index is 1.45. The Morgan fingerprint density at radius 1 is 0.963 bits per heavy atom. The normalized spacial score (nSPS) is 15.8. The molecule has 132 valence electrons. The van der Waals surface area contributed by atoms with E-state index in [0.29, 0.717) is 6.42 Å². The monoisotopic (exact) mass is 353 g/mol. The molecule has 1 saturated heterocycles. The van der Waals surface area contributed by atoms with Crippen molar-refractivity contribution in [2.75, 3.05) is 11.4 Å². The fourth-order valence-electron chi connectivity index (χ4n) is 3.93. The predicted octanol–water partition coefficient (Wildman–Crippen LogP) is 4.26. The highest BCUT2D eigenvalue weighted by atomic mass is 16.2. The van der Waals surface area contributed by atoms with Crippen molar-refractivity contribution in [3.05, 3.63) is 84.0 Å². The summed E-state index contributed by atoms with van der Waals surface area (Å²) < 4.78 is 0. The lowest BCUT2D eigenvalue weighted by Crippen LogP contribution is -2.23. The molecule has 3 aromatic rings. The third kappa shape index (κ3) is 2.83. The van der Waals surface area contributed by atoms with Gasteiger partial charge in [-0.25, -0.2) is 0 Å². The number of pyridine rings is 2. The molecule has 1 aromatic carbocycles. The number of nitrogens with zero attached hydrogens (tertiary/aromatic N) is 3. The number of benzene rings is 1. The Kier molecular flexibility index (Phi) is 3.82. The molecule has 2 aliphatic rings. The van der Waals surface area contributed by atoms with Crippen LogP contribution < -0.4 is 4.90 Å². The van der Waals surface area contributed by atoms with Crippen LogP contribution in [0.1, 0.15) is 29.7 Å². The van der Waals surface area contributed by atoms with E-state index in [4.69, 9.17) is 0 Å². The van der Waals surface area contributed by atoms with E-state index in [1.165, 1.54) is 11.1 Å². The molecule has 1 fully saturated rings. The van der Waals surface area contributed by atoms with Crippen LogP contribution in [0.25, 0.3) is 16.7 Å². The fraction of sp³-hybridized carbons (Fsp3) is 0.174. The number of carbonyl (C=O) groups is 1. The molecule has 1 amide bonds. The number of fused-ring (bicyclic) bond motifs is 1. The number of anilines is 1. The minimum atomic E-state index is 0.215. The molecule has 2 aromatic heterocycles. The Bertz CT molecular complexity index is 1050. The second-order valence-electron chi connectivity index (χ2n) is 6.98. The first-order valence-corrected chi connectivity index (χ1v) is 9.30. The molecule has 1 aliphatic heterocycles. The summed E-state index contributed by atoms with van der Waals surface area (Å²) in [4.78, 5) is 22.7. The summed E-state index contributed by atoms with van der Waals surface area (Å²) in [5.74, 6) is 0.215. The Hall–Kier alpha value is -3.27. The van der Waals surface area contributed by atoms with Crippen LogP contribution in [0.5, 0.6) is 0 Å². The highest BCUT2D eigenvalue weighted by molar-refractivity contribution is 5.95.